The Morgan fingerprint density at radius 1 is 1.75 bits per heavy atom. The van der Waals surface area contributed by atoms with Crippen molar-refractivity contribution in [1.29, 1.82) is 0 Å². The van der Waals surface area contributed by atoms with E-state index in [4.69, 9.17) is 11.2 Å². The first kappa shape index (κ1) is 9.26. The first-order valence-corrected chi connectivity index (χ1v) is 4.40. The molecule has 0 aliphatic rings. The lowest BCUT2D eigenvalue weighted by Gasteiger charge is -2.07. The minimum absolute atomic E-state index is 0.256. The van der Waals surface area contributed by atoms with E-state index in [2.05, 4.69) is 38.5 Å². The van der Waals surface area contributed by atoms with Crippen LogP contribution < -0.4 is 4.74 Å². The van der Waals surface area contributed by atoms with Gasteiger partial charge in [0, 0.05) is 6.20 Å². The molecule has 0 fully saturated rings. The molecule has 4 heteroatoms. The minimum atomic E-state index is -0.256. The van der Waals surface area contributed by atoms with Gasteiger partial charge >= 0.3 is 0 Å². The highest BCUT2D eigenvalue weighted by atomic mass is 127. The lowest BCUT2D eigenvalue weighted by molar-refractivity contribution is 0.265. The zero-order chi connectivity index (χ0) is 8.97. The number of aromatic nitrogens is 2. The number of nitrogens with zero attached hydrogens (tertiary/aromatic N) is 2. The van der Waals surface area contributed by atoms with Crippen molar-refractivity contribution in [2.24, 2.45) is 0 Å². The average molecular weight is 274 g/mol. The Balaban J connectivity index is 2.77. The molecule has 1 atom stereocenters. The molecule has 1 aromatic heterocycles. The van der Waals surface area contributed by atoms with Crippen LogP contribution in [0.1, 0.15) is 6.92 Å². The van der Waals surface area contributed by atoms with Gasteiger partial charge in [-0.05, 0) is 29.5 Å². The lowest BCUT2D eigenvalue weighted by Crippen LogP contribution is -2.10. The van der Waals surface area contributed by atoms with Crippen molar-refractivity contribution in [3.05, 3.63) is 16.1 Å². The average Bonchev–Trinajstić information content (AvgIpc) is 2.09. The summed E-state index contributed by atoms with van der Waals surface area (Å²) in [6, 6.07) is 0. The summed E-state index contributed by atoms with van der Waals surface area (Å²) in [6.45, 7) is 1.79. The topological polar surface area (TPSA) is 35.0 Å². The molecule has 1 unspecified atom stereocenters. The van der Waals surface area contributed by atoms with Crippen LogP contribution >= 0.6 is 22.6 Å². The maximum atomic E-state index is 5.30. The SMILES string of the molecule is C#CC(C)Oc1ncncc1I. The molecular formula is C8H7IN2O. The molecule has 0 bridgehead atoms. The minimum Gasteiger partial charge on any atom is -0.461 e. The highest BCUT2D eigenvalue weighted by molar-refractivity contribution is 14.1. The molecule has 12 heavy (non-hydrogen) atoms. The van der Waals surface area contributed by atoms with Gasteiger partial charge in [-0.3, -0.25) is 0 Å². The third kappa shape index (κ3) is 2.34. The van der Waals surface area contributed by atoms with Crippen LogP contribution in [0, 0.1) is 15.9 Å². The van der Waals surface area contributed by atoms with Crippen LogP contribution in [0.2, 0.25) is 0 Å². The molecule has 1 heterocycles. The highest BCUT2D eigenvalue weighted by Gasteiger charge is 2.04. The molecule has 0 saturated carbocycles. The van der Waals surface area contributed by atoms with E-state index in [0.717, 1.165) is 3.57 Å². The van der Waals surface area contributed by atoms with E-state index >= 15 is 0 Å². The van der Waals surface area contributed by atoms with Gasteiger partial charge in [0.15, 0.2) is 6.10 Å². The standard InChI is InChI=1S/C8H7IN2O/c1-3-6(2)12-8-7(9)4-10-5-11-8/h1,4-6H,2H3. The predicted octanol–water partition coefficient (Wildman–Crippen LogP) is 1.48. The number of hydrogen-bond acceptors (Lipinski definition) is 3. The summed E-state index contributed by atoms with van der Waals surface area (Å²) < 4.78 is 6.16. The Hall–Kier alpha value is -0.830. The number of ether oxygens (including phenoxy) is 1. The van der Waals surface area contributed by atoms with Crippen LogP contribution in [0.4, 0.5) is 0 Å². The Bertz CT molecular complexity index is 308. The van der Waals surface area contributed by atoms with Gasteiger partial charge < -0.3 is 4.74 Å². The molecule has 3 nitrogen and oxygen atoms in total. The van der Waals surface area contributed by atoms with Crippen molar-refractivity contribution in [2.75, 3.05) is 0 Å². The molecule has 0 radical (unpaired) electrons. The van der Waals surface area contributed by atoms with Gasteiger partial charge in [-0.2, -0.15) is 0 Å². The van der Waals surface area contributed by atoms with Gasteiger partial charge in [0.05, 0.1) is 3.57 Å². The second-order valence-corrected chi connectivity index (χ2v) is 3.26. The van der Waals surface area contributed by atoms with Crippen LogP contribution in [0.25, 0.3) is 0 Å². The molecule has 1 rings (SSSR count). The number of rotatable bonds is 2. The third-order valence-corrected chi connectivity index (χ3v) is 1.90. The zero-order valence-corrected chi connectivity index (χ0v) is 8.65. The predicted molar refractivity (Wildman–Crippen MR) is 53.7 cm³/mol. The first-order valence-electron chi connectivity index (χ1n) is 3.32. The van der Waals surface area contributed by atoms with Crippen LogP contribution in [0.5, 0.6) is 5.88 Å². The van der Waals surface area contributed by atoms with E-state index in [9.17, 15) is 0 Å². The van der Waals surface area contributed by atoms with E-state index in [0.29, 0.717) is 5.88 Å². The van der Waals surface area contributed by atoms with E-state index in [1.165, 1.54) is 6.33 Å². The van der Waals surface area contributed by atoms with Gasteiger partial charge in [-0.25, -0.2) is 9.97 Å². The third-order valence-electron chi connectivity index (χ3n) is 1.16. The van der Waals surface area contributed by atoms with E-state index in [1.54, 1.807) is 13.1 Å². The van der Waals surface area contributed by atoms with Gasteiger partial charge in [0.2, 0.25) is 5.88 Å². The maximum absolute atomic E-state index is 5.30. The summed E-state index contributed by atoms with van der Waals surface area (Å²) in [5.41, 5.74) is 0. The van der Waals surface area contributed by atoms with Crippen LogP contribution in [0.3, 0.4) is 0 Å². The normalized spacial score (nSPS) is 11.8. The molecule has 0 spiro atoms. The Morgan fingerprint density at radius 3 is 3.08 bits per heavy atom. The van der Waals surface area contributed by atoms with Crippen molar-refractivity contribution in [2.45, 2.75) is 13.0 Å². The Labute approximate surface area is 84.7 Å². The smallest absolute Gasteiger partial charge is 0.231 e. The van der Waals surface area contributed by atoms with E-state index in [1.807, 2.05) is 0 Å². The molecule has 0 aliphatic heterocycles. The molecule has 62 valence electrons. The summed E-state index contributed by atoms with van der Waals surface area (Å²) in [7, 11) is 0. The van der Waals surface area contributed by atoms with Crippen molar-refractivity contribution in [3.8, 4) is 18.2 Å². The molecule has 0 amide bonds. The summed E-state index contributed by atoms with van der Waals surface area (Å²) >= 11 is 2.09. The lowest BCUT2D eigenvalue weighted by atomic mass is 10.4. The molecule has 0 aliphatic carbocycles. The zero-order valence-electron chi connectivity index (χ0n) is 6.49. The fourth-order valence-corrected chi connectivity index (χ4v) is 1.02. The maximum Gasteiger partial charge on any atom is 0.231 e. The van der Waals surface area contributed by atoms with Gasteiger partial charge in [-0.15, -0.1) is 6.42 Å². The van der Waals surface area contributed by atoms with Crippen molar-refractivity contribution in [1.82, 2.24) is 9.97 Å². The second-order valence-electron chi connectivity index (χ2n) is 2.10. The van der Waals surface area contributed by atoms with E-state index in [-0.39, 0.29) is 6.10 Å². The summed E-state index contributed by atoms with van der Waals surface area (Å²) in [5.74, 6) is 2.99. The molecule has 0 saturated heterocycles. The second kappa shape index (κ2) is 4.26. The van der Waals surface area contributed by atoms with Gasteiger partial charge in [-0.1, -0.05) is 5.92 Å². The molecular weight excluding hydrogens is 267 g/mol. The van der Waals surface area contributed by atoms with Crippen molar-refractivity contribution < 1.29 is 4.74 Å². The van der Waals surface area contributed by atoms with E-state index < -0.39 is 0 Å². The highest BCUT2D eigenvalue weighted by Crippen LogP contribution is 2.15. The Kier molecular flexibility index (Phi) is 3.29. The first-order chi connectivity index (χ1) is 5.74. The Morgan fingerprint density at radius 2 is 2.50 bits per heavy atom. The molecule has 1 aromatic rings. The molecule has 0 N–H and O–H groups in total. The quantitative estimate of drug-likeness (QED) is 0.605. The van der Waals surface area contributed by atoms with Crippen LogP contribution in [-0.2, 0) is 0 Å². The van der Waals surface area contributed by atoms with Crippen LogP contribution in [0.15, 0.2) is 12.5 Å². The number of halogens is 1. The number of hydrogen-bond donors (Lipinski definition) is 0. The summed E-state index contributed by atoms with van der Waals surface area (Å²) in [5, 5.41) is 0. The van der Waals surface area contributed by atoms with Gasteiger partial charge in [0.25, 0.3) is 0 Å². The van der Waals surface area contributed by atoms with Gasteiger partial charge in [0.1, 0.15) is 6.33 Å². The largest absolute Gasteiger partial charge is 0.461 e. The fraction of sp³-hybridized carbons (Fsp3) is 0.250. The fourth-order valence-electron chi connectivity index (χ4n) is 0.590. The van der Waals surface area contributed by atoms with Crippen molar-refractivity contribution in [3.63, 3.8) is 0 Å². The summed E-state index contributed by atoms with van der Waals surface area (Å²) in [6.07, 6.45) is 8.00. The van der Waals surface area contributed by atoms with Crippen molar-refractivity contribution >= 4 is 22.6 Å². The molecule has 0 aromatic carbocycles. The van der Waals surface area contributed by atoms with Crippen LogP contribution in [-0.4, -0.2) is 16.1 Å². The monoisotopic (exact) mass is 274 g/mol. The number of terminal acetylenes is 1. The summed E-state index contributed by atoms with van der Waals surface area (Å²) in [4.78, 5) is 7.76.